The van der Waals surface area contributed by atoms with Crippen LogP contribution in [0.2, 0.25) is 0 Å². The Balaban J connectivity index is 1.93. The molecular weight excluding hydrogens is 420 g/mol. The molecule has 0 aliphatic carbocycles. The normalized spacial score (nSPS) is 15.0. The molecule has 2 N–H and O–H groups in total. The number of sulfonamides is 1. The fourth-order valence-corrected chi connectivity index (χ4v) is 4.97. The first kappa shape index (κ1) is 22.7. The van der Waals surface area contributed by atoms with Crippen molar-refractivity contribution in [2.45, 2.75) is 37.0 Å². The smallest absolute Gasteiger partial charge is 0.337 e. The maximum atomic E-state index is 13.0. The zero-order valence-electron chi connectivity index (χ0n) is 17.8. The van der Waals surface area contributed by atoms with Crippen LogP contribution < -0.4 is 19.1 Å². The zero-order valence-corrected chi connectivity index (χ0v) is 18.6. The number of aromatic carboxylic acids is 1. The van der Waals surface area contributed by atoms with E-state index in [-0.39, 0.29) is 21.9 Å². The molecule has 1 fully saturated rings. The lowest BCUT2D eigenvalue weighted by Gasteiger charge is -2.28. The van der Waals surface area contributed by atoms with Crippen LogP contribution in [-0.4, -0.2) is 46.8 Å². The van der Waals surface area contributed by atoms with Gasteiger partial charge in [-0.1, -0.05) is 19.3 Å². The van der Waals surface area contributed by atoms with Gasteiger partial charge in [0.15, 0.2) is 0 Å². The van der Waals surface area contributed by atoms with Crippen LogP contribution >= 0.6 is 0 Å². The molecule has 0 amide bonds. The zero-order chi connectivity index (χ0) is 22.4. The van der Waals surface area contributed by atoms with Gasteiger partial charge in [-0.25, -0.2) is 13.2 Å². The highest BCUT2D eigenvalue weighted by Gasteiger charge is 2.23. The summed E-state index contributed by atoms with van der Waals surface area (Å²) in [5.41, 5.74) is 0.841. The van der Waals surface area contributed by atoms with Crippen LogP contribution in [0.1, 0.15) is 42.5 Å². The number of benzene rings is 2. The van der Waals surface area contributed by atoms with Crippen LogP contribution in [0.5, 0.6) is 11.5 Å². The first-order chi connectivity index (χ1) is 14.9. The average Bonchev–Trinajstić information content (AvgIpc) is 2.73. The van der Waals surface area contributed by atoms with E-state index in [1.165, 1.54) is 38.8 Å². The molecular formula is C22H28N2O6S. The fraction of sp³-hybridized carbons (Fsp3) is 0.409. The number of hydrogen-bond donors (Lipinski definition) is 2. The van der Waals surface area contributed by atoms with E-state index in [1.54, 1.807) is 18.2 Å². The first-order valence-electron chi connectivity index (χ1n) is 10.2. The Hall–Kier alpha value is -2.94. The van der Waals surface area contributed by atoms with E-state index in [9.17, 15) is 18.3 Å². The number of anilines is 2. The Morgan fingerprint density at radius 3 is 2.26 bits per heavy atom. The lowest BCUT2D eigenvalue weighted by atomic mass is 10.1. The molecule has 0 saturated carbocycles. The van der Waals surface area contributed by atoms with Gasteiger partial charge in [0.2, 0.25) is 0 Å². The number of nitrogens with zero attached hydrogens (tertiary/aromatic N) is 1. The lowest BCUT2D eigenvalue weighted by Crippen LogP contribution is -2.28. The highest BCUT2D eigenvalue weighted by atomic mass is 32.2. The number of ether oxygens (including phenoxy) is 2. The van der Waals surface area contributed by atoms with Gasteiger partial charge in [0.1, 0.15) is 16.4 Å². The van der Waals surface area contributed by atoms with Gasteiger partial charge in [-0.15, -0.1) is 0 Å². The molecule has 1 aliphatic heterocycles. The molecule has 0 unspecified atom stereocenters. The molecule has 3 rings (SSSR count). The minimum absolute atomic E-state index is 0.0679. The van der Waals surface area contributed by atoms with Crippen molar-refractivity contribution in [3.63, 3.8) is 0 Å². The standard InChI is InChI=1S/C22H28N2O6S/c1-29-17-9-11-20(30-2)21(15-17)31(27,28)23-16-8-10-19(18(14-16)22(25)26)24-12-6-4-3-5-7-13-24/h8-11,14-15,23H,3-7,12-13H2,1-2H3,(H,25,26). The average molecular weight is 449 g/mol. The van der Waals surface area contributed by atoms with Crippen molar-refractivity contribution in [1.82, 2.24) is 0 Å². The fourth-order valence-electron chi connectivity index (χ4n) is 3.74. The Labute approximate surface area is 182 Å². The summed E-state index contributed by atoms with van der Waals surface area (Å²) >= 11 is 0. The van der Waals surface area contributed by atoms with Crippen LogP contribution in [0.25, 0.3) is 0 Å². The van der Waals surface area contributed by atoms with Gasteiger partial charge in [-0.05, 0) is 43.2 Å². The van der Waals surface area contributed by atoms with E-state index in [2.05, 4.69) is 9.62 Å². The molecule has 1 heterocycles. The Kier molecular flexibility index (Phi) is 7.27. The Bertz CT molecular complexity index is 1030. The molecule has 0 aromatic heterocycles. The summed E-state index contributed by atoms with van der Waals surface area (Å²) < 4.78 is 38.8. The second kappa shape index (κ2) is 9.91. The van der Waals surface area contributed by atoms with Gasteiger partial charge in [-0.3, -0.25) is 4.72 Å². The maximum Gasteiger partial charge on any atom is 0.337 e. The third-order valence-electron chi connectivity index (χ3n) is 5.34. The minimum atomic E-state index is -4.04. The third-order valence-corrected chi connectivity index (χ3v) is 6.74. The van der Waals surface area contributed by atoms with Crippen LogP contribution in [0.3, 0.4) is 0 Å². The molecule has 9 heteroatoms. The number of carbonyl (C=O) groups is 1. The number of rotatable bonds is 7. The van der Waals surface area contributed by atoms with Crippen molar-refractivity contribution in [3.8, 4) is 11.5 Å². The van der Waals surface area contributed by atoms with E-state index in [1.807, 2.05) is 0 Å². The number of methoxy groups -OCH3 is 2. The van der Waals surface area contributed by atoms with E-state index < -0.39 is 16.0 Å². The van der Waals surface area contributed by atoms with Crippen LogP contribution in [0.15, 0.2) is 41.3 Å². The number of nitrogens with one attached hydrogen (secondary N) is 1. The van der Waals surface area contributed by atoms with E-state index in [0.29, 0.717) is 11.4 Å². The molecule has 1 aliphatic rings. The summed E-state index contributed by atoms with van der Waals surface area (Å²) in [5, 5.41) is 9.77. The van der Waals surface area contributed by atoms with Gasteiger partial charge in [-0.2, -0.15) is 0 Å². The summed E-state index contributed by atoms with van der Waals surface area (Å²) in [7, 11) is -1.23. The number of carboxylic acid groups (broad SMARTS) is 1. The third kappa shape index (κ3) is 5.41. The Morgan fingerprint density at radius 2 is 1.65 bits per heavy atom. The largest absolute Gasteiger partial charge is 0.497 e. The summed E-state index contributed by atoms with van der Waals surface area (Å²) in [5.74, 6) is -0.582. The van der Waals surface area contributed by atoms with Crippen molar-refractivity contribution in [1.29, 1.82) is 0 Å². The molecule has 2 aromatic carbocycles. The predicted octanol–water partition coefficient (Wildman–Crippen LogP) is 3.97. The maximum absolute atomic E-state index is 13.0. The van der Waals surface area contributed by atoms with Crippen molar-refractivity contribution in [3.05, 3.63) is 42.0 Å². The molecule has 0 bridgehead atoms. The highest BCUT2D eigenvalue weighted by molar-refractivity contribution is 7.92. The molecule has 2 aromatic rings. The van der Waals surface area contributed by atoms with E-state index in [4.69, 9.17) is 9.47 Å². The van der Waals surface area contributed by atoms with Gasteiger partial charge >= 0.3 is 5.97 Å². The highest BCUT2D eigenvalue weighted by Crippen LogP contribution is 2.31. The van der Waals surface area contributed by atoms with E-state index >= 15 is 0 Å². The molecule has 8 nitrogen and oxygen atoms in total. The van der Waals surface area contributed by atoms with Crippen molar-refractivity contribution in [2.75, 3.05) is 36.9 Å². The second-order valence-electron chi connectivity index (χ2n) is 7.41. The van der Waals surface area contributed by atoms with Gasteiger partial charge in [0.05, 0.1) is 25.5 Å². The first-order valence-corrected chi connectivity index (χ1v) is 11.7. The van der Waals surface area contributed by atoms with Crippen molar-refractivity contribution < 1.29 is 27.8 Å². The van der Waals surface area contributed by atoms with Crippen molar-refractivity contribution >= 4 is 27.4 Å². The van der Waals surface area contributed by atoms with Crippen LogP contribution in [0.4, 0.5) is 11.4 Å². The molecule has 0 spiro atoms. The Morgan fingerprint density at radius 1 is 0.968 bits per heavy atom. The predicted molar refractivity (Wildman–Crippen MR) is 119 cm³/mol. The minimum Gasteiger partial charge on any atom is -0.497 e. The van der Waals surface area contributed by atoms with Crippen molar-refractivity contribution in [2.24, 2.45) is 0 Å². The monoisotopic (exact) mass is 448 g/mol. The van der Waals surface area contributed by atoms with Gasteiger partial charge in [0, 0.05) is 24.8 Å². The molecule has 0 radical (unpaired) electrons. The topological polar surface area (TPSA) is 105 Å². The van der Waals surface area contributed by atoms with Gasteiger partial charge in [0.25, 0.3) is 10.0 Å². The quantitative estimate of drug-likeness (QED) is 0.660. The molecule has 1 saturated heterocycles. The summed E-state index contributed by atoms with van der Waals surface area (Å²) in [6.45, 7) is 1.57. The molecule has 168 valence electrons. The van der Waals surface area contributed by atoms with Crippen LogP contribution in [0, 0.1) is 0 Å². The molecule has 0 atom stereocenters. The van der Waals surface area contributed by atoms with Crippen LogP contribution in [-0.2, 0) is 10.0 Å². The SMILES string of the molecule is COc1ccc(OC)c(S(=O)(=O)Nc2ccc(N3CCCCCCC3)c(C(=O)O)c2)c1. The summed E-state index contributed by atoms with van der Waals surface area (Å²) in [4.78, 5) is 13.9. The number of carboxylic acids is 1. The summed E-state index contributed by atoms with van der Waals surface area (Å²) in [6.07, 6.45) is 5.46. The summed E-state index contributed by atoms with van der Waals surface area (Å²) in [6, 6.07) is 9.07. The second-order valence-corrected chi connectivity index (χ2v) is 9.07. The van der Waals surface area contributed by atoms with E-state index in [0.717, 1.165) is 38.8 Å². The number of hydrogen-bond acceptors (Lipinski definition) is 6. The molecule has 31 heavy (non-hydrogen) atoms. The van der Waals surface area contributed by atoms with Gasteiger partial charge < -0.3 is 19.5 Å². The lowest BCUT2D eigenvalue weighted by molar-refractivity contribution is 0.0697.